The first-order valence-electron chi connectivity index (χ1n) is 14.3. The van der Waals surface area contributed by atoms with Gasteiger partial charge in [0, 0.05) is 30.1 Å². The molecule has 0 amide bonds. The van der Waals surface area contributed by atoms with Crippen LogP contribution in [0.15, 0.2) is 0 Å². The molecule has 0 aromatic rings. The summed E-state index contributed by atoms with van der Waals surface area (Å²) in [5.41, 5.74) is -1.92. The maximum Gasteiger partial charge on any atom is 0.306 e. The summed E-state index contributed by atoms with van der Waals surface area (Å²) >= 11 is 0. The molecule has 0 spiro atoms. The van der Waals surface area contributed by atoms with Crippen molar-refractivity contribution in [2.75, 3.05) is 0 Å². The number of esters is 1. The van der Waals surface area contributed by atoms with E-state index in [0.717, 1.165) is 38.5 Å². The number of aliphatic hydroxyl groups excluding tert-OH is 1. The zero-order valence-electron chi connectivity index (χ0n) is 21.8. The molecule has 0 bridgehead atoms. The fourth-order valence-corrected chi connectivity index (χ4v) is 8.61. The van der Waals surface area contributed by atoms with Gasteiger partial charge >= 0.3 is 5.97 Å². The Morgan fingerprint density at radius 1 is 0.971 bits per heavy atom. The van der Waals surface area contributed by atoms with Crippen LogP contribution in [0.5, 0.6) is 0 Å². The summed E-state index contributed by atoms with van der Waals surface area (Å²) in [6.45, 7) is 6.61. The average Bonchev–Trinajstić information content (AvgIpc) is 3.12. The maximum absolute atomic E-state index is 13.3. The SMILES string of the molecule is CCCCCCCCCC(=O)O[C@H]1CC[C@H]2[C@@H]3CC(=O)[C@@]4(O)C[C@@H](O)CC[C@]4(C)[C@H]3CC[C@]12C. The van der Waals surface area contributed by atoms with E-state index in [0.29, 0.717) is 37.5 Å². The van der Waals surface area contributed by atoms with Crippen molar-refractivity contribution < 1.29 is 24.5 Å². The number of ether oxygens (including phenoxy) is 1. The van der Waals surface area contributed by atoms with Crippen molar-refractivity contribution >= 4 is 11.8 Å². The topological polar surface area (TPSA) is 83.8 Å². The third-order valence-electron chi connectivity index (χ3n) is 10.8. The Balaban J connectivity index is 1.35. The Morgan fingerprint density at radius 3 is 2.41 bits per heavy atom. The second kappa shape index (κ2) is 10.2. The maximum atomic E-state index is 13.3. The van der Waals surface area contributed by atoms with Crippen LogP contribution in [0, 0.1) is 28.6 Å². The predicted octanol–water partition coefficient (Wildman–Crippen LogP) is 5.74. The zero-order valence-corrected chi connectivity index (χ0v) is 21.8. The zero-order chi connectivity index (χ0) is 24.6. The van der Waals surface area contributed by atoms with Crippen LogP contribution < -0.4 is 0 Å². The molecule has 5 nitrogen and oxygen atoms in total. The number of hydrogen-bond donors (Lipinski definition) is 2. The van der Waals surface area contributed by atoms with Crippen LogP contribution in [-0.2, 0) is 14.3 Å². The van der Waals surface area contributed by atoms with E-state index in [1.807, 2.05) is 0 Å². The number of hydrogen-bond acceptors (Lipinski definition) is 5. The van der Waals surface area contributed by atoms with Crippen molar-refractivity contribution in [3.8, 4) is 0 Å². The number of carbonyl (C=O) groups excluding carboxylic acids is 2. The van der Waals surface area contributed by atoms with Crippen LogP contribution in [0.25, 0.3) is 0 Å². The minimum absolute atomic E-state index is 0.0487. The molecule has 34 heavy (non-hydrogen) atoms. The lowest BCUT2D eigenvalue weighted by Crippen LogP contribution is -2.67. The Labute approximate surface area is 206 Å². The largest absolute Gasteiger partial charge is 0.462 e. The highest BCUT2D eigenvalue weighted by molar-refractivity contribution is 5.89. The number of carbonyl (C=O) groups is 2. The third kappa shape index (κ3) is 4.49. The quantitative estimate of drug-likeness (QED) is 0.328. The lowest BCUT2D eigenvalue weighted by molar-refractivity contribution is -0.215. The van der Waals surface area contributed by atoms with E-state index in [1.165, 1.54) is 32.1 Å². The molecular formula is C29H48O5. The summed E-state index contributed by atoms with van der Waals surface area (Å²) in [7, 11) is 0. The Kier molecular flexibility index (Phi) is 7.84. The van der Waals surface area contributed by atoms with E-state index in [2.05, 4.69) is 20.8 Å². The predicted molar refractivity (Wildman–Crippen MR) is 132 cm³/mol. The summed E-state index contributed by atoms with van der Waals surface area (Å²) in [5.74, 6) is 0.782. The van der Waals surface area contributed by atoms with Crippen LogP contribution in [0.4, 0.5) is 0 Å². The van der Waals surface area contributed by atoms with Gasteiger partial charge in [-0.25, -0.2) is 0 Å². The number of unbranched alkanes of at least 4 members (excludes halogenated alkanes) is 6. The molecule has 4 saturated carbocycles. The van der Waals surface area contributed by atoms with E-state index in [1.54, 1.807) is 0 Å². The van der Waals surface area contributed by atoms with Gasteiger partial charge in [0.2, 0.25) is 0 Å². The summed E-state index contributed by atoms with van der Waals surface area (Å²) in [4.78, 5) is 26.0. The van der Waals surface area contributed by atoms with Gasteiger partial charge in [-0.15, -0.1) is 0 Å². The van der Waals surface area contributed by atoms with E-state index in [4.69, 9.17) is 4.74 Å². The molecule has 0 saturated heterocycles. The van der Waals surface area contributed by atoms with Crippen LogP contribution in [0.2, 0.25) is 0 Å². The van der Waals surface area contributed by atoms with Gasteiger partial charge in [-0.3, -0.25) is 9.59 Å². The molecule has 0 unspecified atom stereocenters. The minimum Gasteiger partial charge on any atom is -0.462 e. The molecule has 4 rings (SSSR count). The molecule has 0 aromatic heterocycles. The molecule has 4 aliphatic carbocycles. The van der Waals surface area contributed by atoms with Crippen molar-refractivity contribution in [3.05, 3.63) is 0 Å². The molecular weight excluding hydrogens is 428 g/mol. The number of rotatable bonds is 9. The van der Waals surface area contributed by atoms with Crippen LogP contribution in [0.1, 0.15) is 124 Å². The van der Waals surface area contributed by atoms with Gasteiger partial charge in [-0.2, -0.15) is 0 Å². The first-order chi connectivity index (χ1) is 16.2. The average molecular weight is 477 g/mol. The fraction of sp³-hybridized carbons (Fsp3) is 0.931. The number of aliphatic hydroxyl groups is 2. The van der Waals surface area contributed by atoms with E-state index >= 15 is 0 Å². The van der Waals surface area contributed by atoms with Gasteiger partial charge in [0.15, 0.2) is 5.78 Å². The highest BCUT2D eigenvalue weighted by atomic mass is 16.5. The summed E-state index contributed by atoms with van der Waals surface area (Å²) in [5, 5.41) is 21.7. The van der Waals surface area contributed by atoms with E-state index in [-0.39, 0.29) is 35.6 Å². The van der Waals surface area contributed by atoms with Crippen LogP contribution in [-0.4, -0.2) is 39.8 Å². The van der Waals surface area contributed by atoms with Gasteiger partial charge in [0.1, 0.15) is 11.7 Å². The Morgan fingerprint density at radius 2 is 1.68 bits per heavy atom. The standard InChI is InChI=1S/C29H48O5/c1-4-5-6-7-8-9-10-11-26(32)34-25-13-12-22-21-18-24(31)29(33)19-20(30)14-17-28(29,3)23(21)15-16-27(22,25)2/h20-23,25,30,33H,4-19H2,1-3H3/t20-,21-,22-,23-,25-,27-,28+,29-/m0/s1. The normalized spacial score (nSPS) is 43.7. The van der Waals surface area contributed by atoms with Gasteiger partial charge in [-0.05, 0) is 62.7 Å². The summed E-state index contributed by atoms with van der Waals surface area (Å²) < 4.78 is 6.09. The van der Waals surface area contributed by atoms with Gasteiger partial charge in [0.25, 0.3) is 0 Å². The lowest BCUT2D eigenvalue weighted by Gasteiger charge is -2.62. The molecule has 4 fully saturated rings. The van der Waals surface area contributed by atoms with Crippen molar-refractivity contribution in [2.24, 2.45) is 28.6 Å². The van der Waals surface area contributed by atoms with Crippen molar-refractivity contribution in [1.82, 2.24) is 0 Å². The lowest BCUT2D eigenvalue weighted by atomic mass is 9.43. The van der Waals surface area contributed by atoms with Crippen LogP contribution >= 0.6 is 0 Å². The molecule has 0 radical (unpaired) electrons. The van der Waals surface area contributed by atoms with E-state index in [9.17, 15) is 19.8 Å². The molecule has 5 heteroatoms. The number of fused-ring (bicyclic) bond motifs is 5. The van der Waals surface area contributed by atoms with Crippen LogP contribution in [0.3, 0.4) is 0 Å². The second-order valence-corrected chi connectivity index (χ2v) is 12.7. The Hall–Kier alpha value is -0.940. The molecule has 4 aliphatic rings. The molecule has 2 N–H and O–H groups in total. The number of Topliss-reactive ketones (excluding diaryl/α,β-unsaturated/α-hetero) is 1. The first kappa shape index (κ1) is 26.1. The molecule has 194 valence electrons. The Bertz CT molecular complexity index is 751. The molecule has 0 aliphatic heterocycles. The van der Waals surface area contributed by atoms with Crippen molar-refractivity contribution in [1.29, 1.82) is 0 Å². The van der Waals surface area contributed by atoms with Gasteiger partial charge in [0.05, 0.1) is 6.10 Å². The first-order valence-corrected chi connectivity index (χ1v) is 14.3. The minimum atomic E-state index is -1.39. The highest BCUT2D eigenvalue weighted by Crippen LogP contribution is 2.66. The second-order valence-electron chi connectivity index (χ2n) is 12.7. The highest BCUT2D eigenvalue weighted by Gasteiger charge is 2.67. The number of ketones is 1. The smallest absolute Gasteiger partial charge is 0.306 e. The monoisotopic (exact) mass is 476 g/mol. The van der Waals surface area contributed by atoms with Gasteiger partial charge < -0.3 is 14.9 Å². The van der Waals surface area contributed by atoms with Crippen molar-refractivity contribution in [3.63, 3.8) is 0 Å². The third-order valence-corrected chi connectivity index (χ3v) is 10.8. The van der Waals surface area contributed by atoms with Crippen molar-refractivity contribution in [2.45, 2.75) is 141 Å². The summed E-state index contributed by atoms with van der Waals surface area (Å²) in [6.07, 6.45) is 14.0. The molecule has 0 aromatic carbocycles. The van der Waals surface area contributed by atoms with E-state index < -0.39 is 17.1 Å². The molecule has 0 heterocycles. The summed E-state index contributed by atoms with van der Waals surface area (Å²) in [6, 6.07) is 0. The fourth-order valence-electron chi connectivity index (χ4n) is 8.61. The molecule has 8 atom stereocenters. The van der Waals surface area contributed by atoms with Gasteiger partial charge in [-0.1, -0.05) is 59.3 Å².